The summed E-state index contributed by atoms with van der Waals surface area (Å²) in [4.78, 5) is 17.4. The number of piperidine rings is 1. The highest BCUT2D eigenvalue weighted by atomic mass is 16.4. The first-order valence-corrected chi connectivity index (χ1v) is 6.41. The van der Waals surface area contributed by atoms with Crippen LogP contribution in [0.5, 0.6) is 0 Å². The zero-order valence-corrected chi connectivity index (χ0v) is 10.9. The van der Waals surface area contributed by atoms with E-state index in [-0.39, 0.29) is 12.0 Å². The molecule has 1 aromatic rings. The summed E-state index contributed by atoms with van der Waals surface area (Å²) in [6.07, 6.45) is 3.28. The molecule has 1 aromatic heterocycles. The number of hydrogen-bond donors (Lipinski definition) is 1. The molecule has 0 saturated carbocycles. The Hall–Kier alpha value is -1.43. The molecule has 2 rings (SSSR count). The van der Waals surface area contributed by atoms with Gasteiger partial charge in [0.05, 0.1) is 12.5 Å². The predicted molar refractivity (Wildman–Crippen MR) is 66.0 cm³/mol. The van der Waals surface area contributed by atoms with Gasteiger partial charge in [0.15, 0.2) is 0 Å². The summed E-state index contributed by atoms with van der Waals surface area (Å²) in [7, 11) is 0. The number of hydrogen-bond acceptors (Lipinski definition) is 4. The summed E-state index contributed by atoms with van der Waals surface area (Å²) in [5.41, 5.74) is 0. The highest BCUT2D eigenvalue weighted by molar-refractivity contribution is 5.70. The van der Waals surface area contributed by atoms with E-state index >= 15 is 0 Å². The second-order valence-electron chi connectivity index (χ2n) is 5.13. The molecule has 1 atom stereocenters. The van der Waals surface area contributed by atoms with E-state index in [9.17, 15) is 4.79 Å². The van der Waals surface area contributed by atoms with Gasteiger partial charge in [0.25, 0.3) is 0 Å². The van der Waals surface area contributed by atoms with Crippen molar-refractivity contribution in [3.63, 3.8) is 0 Å². The van der Waals surface area contributed by atoms with Crippen LogP contribution in [0.15, 0.2) is 6.33 Å². The molecule has 1 fully saturated rings. The molecule has 0 radical (unpaired) electrons. The molecule has 18 heavy (non-hydrogen) atoms. The smallest absolute Gasteiger partial charge is 0.307 e. The average molecular weight is 252 g/mol. The highest BCUT2D eigenvalue weighted by Crippen LogP contribution is 2.18. The van der Waals surface area contributed by atoms with Crippen LogP contribution in [0, 0.1) is 5.92 Å². The third kappa shape index (κ3) is 2.87. The molecule has 0 amide bonds. The van der Waals surface area contributed by atoms with Crippen LogP contribution in [-0.4, -0.2) is 43.8 Å². The zero-order chi connectivity index (χ0) is 13.1. The van der Waals surface area contributed by atoms with Crippen LogP contribution in [0.2, 0.25) is 0 Å². The molecular weight excluding hydrogens is 232 g/mol. The lowest BCUT2D eigenvalue weighted by atomic mass is 9.98. The van der Waals surface area contributed by atoms with Gasteiger partial charge in [0, 0.05) is 12.6 Å². The van der Waals surface area contributed by atoms with Crippen molar-refractivity contribution >= 4 is 5.97 Å². The third-order valence-corrected chi connectivity index (χ3v) is 3.36. The normalized spacial score (nSPS) is 21.4. The first kappa shape index (κ1) is 13.0. The largest absolute Gasteiger partial charge is 0.481 e. The molecule has 1 aliphatic rings. The van der Waals surface area contributed by atoms with E-state index in [1.54, 1.807) is 6.33 Å². The van der Waals surface area contributed by atoms with Gasteiger partial charge in [-0.1, -0.05) is 0 Å². The molecule has 100 valence electrons. The summed E-state index contributed by atoms with van der Waals surface area (Å²) < 4.78 is 1.89. The van der Waals surface area contributed by atoms with E-state index in [4.69, 9.17) is 5.11 Å². The van der Waals surface area contributed by atoms with Crippen molar-refractivity contribution in [3.8, 4) is 0 Å². The first-order chi connectivity index (χ1) is 8.58. The topological polar surface area (TPSA) is 71.2 Å². The van der Waals surface area contributed by atoms with Crippen molar-refractivity contribution in [2.45, 2.75) is 39.3 Å². The van der Waals surface area contributed by atoms with Crippen molar-refractivity contribution in [2.75, 3.05) is 13.1 Å². The van der Waals surface area contributed by atoms with Gasteiger partial charge in [-0.05, 0) is 33.2 Å². The van der Waals surface area contributed by atoms with Gasteiger partial charge in [-0.25, -0.2) is 9.67 Å². The van der Waals surface area contributed by atoms with Gasteiger partial charge >= 0.3 is 5.97 Å². The fraction of sp³-hybridized carbons (Fsp3) is 0.750. The van der Waals surface area contributed by atoms with E-state index < -0.39 is 5.97 Å². The first-order valence-electron chi connectivity index (χ1n) is 6.41. The SMILES string of the molecule is CC(C)n1ncnc1CN1CCCC(C(=O)O)C1. The molecule has 0 bridgehead atoms. The van der Waals surface area contributed by atoms with Crippen LogP contribution in [0.1, 0.15) is 38.6 Å². The number of carboxylic acid groups (broad SMARTS) is 1. The third-order valence-electron chi connectivity index (χ3n) is 3.36. The maximum atomic E-state index is 11.0. The van der Waals surface area contributed by atoms with Gasteiger partial charge in [-0.15, -0.1) is 0 Å². The Morgan fingerprint density at radius 1 is 1.61 bits per heavy atom. The molecule has 1 aliphatic heterocycles. The van der Waals surface area contributed by atoms with Gasteiger partial charge < -0.3 is 5.11 Å². The number of nitrogens with zero attached hydrogens (tertiary/aromatic N) is 4. The number of aromatic nitrogens is 3. The molecule has 6 nitrogen and oxygen atoms in total. The zero-order valence-electron chi connectivity index (χ0n) is 10.9. The van der Waals surface area contributed by atoms with Crippen LogP contribution in [0.4, 0.5) is 0 Å². The number of aliphatic carboxylic acids is 1. The minimum absolute atomic E-state index is 0.242. The van der Waals surface area contributed by atoms with Crippen LogP contribution < -0.4 is 0 Å². The lowest BCUT2D eigenvalue weighted by Gasteiger charge is -2.30. The summed E-state index contributed by atoms with van der Waals surface area (Å²) in [5, 5.41) is 13.3. The van der Waals surface area contributed by atoms with Gasteiger partial charge in [0.1, 0.15) is 12.2 Å². The molecule has 2 heterocycles. The maximum Gasteiger partial charge on any atom is 0.307 e. The Kier molecular flexibility index (Phi) is 3.96. The highest BCUT2D eigenvalue weighted by Gasteiger charge is 2.26. The molecule has 6 heteroatoms. The fourth-order valence-corrected chi connectivity index (χ4v) is 2.42. The van der Waals surface area contributed by atoms with Gasteiger partial charge in [-0.3, -0.25) is 9.69 Å². The van der Waals surface area contributed by atoms with Crippen molar-refractivity contribution in [2.24, 2.45) is 5.92 Å². The van der Waals surface area contributed by atoms with Gasteiger partial charge in [0.2, 0.25) is 0 Å². The van der Waals surface area contributed by atoms with Gasteiger partial charge in [-0.2, -0.15) is 5.10 Å². The van der Waals surface area contributed by atoms with E-state index in [0.717, 1.165) is 25.2 Å². The lowest BCUT2D eigenvalue weighted by molar-refractivity contribution is -0.143. The molecular formula is C12H20N4O2. The van der Waals surface area contributed by atoms with E-state index in [1.165, 1.54) is 0 Å². The summed E-state index contributed by atoms with van der Waals surface area (Å²) >= 11 is 0. The van der Waals surface area contributed by atoms with Crippen LogP contribution in [-0.2, 0) is 11.3 Å². The quantitative estimate of drug-likeness (QED) is 0.870. The Bertz CT molecular complexity index is 416. The lowest BCUT2D eigenvalue weighted by Crippen LogP contribution is -2.38. The number of carbonyl (C=O) groups is 1. The maximum absolute atomic E-state index is 11.0. The van der Waals surface area contributed by atoms with Crippen LogP contribution in [0.3, 0.4) is 0 Å². The minimum atomic E-state index is -0.690. The second kappa shape index (κ2) is 5.48. The molecule has 0 aromatic carbocycles. The number of likely N-dealkylation sites (tertiary alicyclic amines) is 1. The average Bonchev–Trinajstić information content (AvgIpc) is 2.77. The molecule has 1 N–H and O–H groups in total. The van der Waals surface area contributed by atoms with Crippen LogP contribution in [0.25, 0.3) is 0 Å². The Morgan fingerprint density at radius 3 is 3.06 bits per heavy atom. The van der Waals surface area contributed by atoms with Crippen LogP contribution >= 0.6 is 0 Å². The summed E-state index contributed by atoms with van der Waals surface area (Å²) in [6, 6.07) is 0.280. The monoisotopic (exact) mass is 252 g/mol. The Balaban J connectivity index is 2.00. The van der Waals surface area contributed by atoms with E-state index in [1.807, 2.05) is 4.68 Å². The minimum Gasteiger partial charge on any atom is -0.481 e. The summed E-state index contributed by atoms with van der Waals surface area (Å²) in [6.45, 7) is 6.36. The van der Waals surface area contributed by atoms with E-state index in [0.29, 0.717) is 13.1 Å². The number of carboxylic acids is 1. The predicted octanol–water partition coefficient (Wildman–Crippen LogP) is 1.16. The van der Waals surface area contributed by atoms with Crippen molar-refractivity contribution < 1.29 is 9.90 Å². The van der Waals surface area contributed by atoms with E-state index in [2.05, 4.69) is 28.8 Å². The fourth-order valence-electron chi connectivity index (χ4n) is 2.42. The van der Waals surface area contributed by atoms with Crippen molar-refractivity contribution in [1.82, 2.24) is 19.7 Å². The summed E-state index contributed by atoms with van der Waals surface area (Å²) in [5.74, 6) is -0.0183. The number of rotatable bonds is 4. The molecule has 1 saturated heterocycles. The van der Waals surface area contributed by atoms with Crippen molar-refractivity contribution in [3.05, 3.63) is 12.2 Å². The molecule has 1 unspecified atom stereocenters. The standard InChI is InChI=1S/C12H20N4O2/c1-9(2)16-11(13-8-14-16)7-15-5-3-4-10(6-15)12(17)18/h8-10H,3-7H2,1-2H3,(H,17,18). The molecule has 0 aliphatic carbocycles. The Morgan fingerprint density at radius 2 is 2.39 bits per heavy atom. The molecule has 0 spiro atoms. The second-order valence-corrected chi connectivity index (χ2v) is 5.13. The van der Waals surface area contributed by atoms with Crippen molar-refractivity contribution in [1.29, 1.82) is 0 Å². The Labute approximate surface area is 107 Å².